The molecule has 3 amide bonds. The van der Waals surface area contributed by atoms with E-state index in [1.54, 1.807) is 6.07 Å². The molecule has 0 saturated carbocycles. The molecular weight excluding hydrogens is 273 g/mol. The number of likely N-dealkylation sites (tertiary alicyclic amines) is 1. The van der Waals surface area contributed by atoms with E-state index in [9.17, 15) is 14.0 Å². The lowest BCUT2D eigenvalue weighted by atomic mass is 10.0. The van der Waals surface area contributed by atoms with E-state index in [0.29, 0.717) is 5.92 Å². The van der Waals surface area contributed by atoms with Gasteiger partial charge in [0.1, 0.15) is 5.82 Å². The molecule has 1 heterocycles. The monoisotopic (exact) mass is 294 g/mol. The van der Waals surface area contributed by atoms with Crippen LogP contribution in [0.15, 0.2) is 24.3 Å². The summed E-state index contributed by atoms with van der Waals surface area (Å²) in [7, 11) is 0. The Labute approximate surface area is 123 Å². The molecule has 1 unspecified atom stereocenters. The number of para-hydroxylation sites is 1. The van der Waals surface area contributed by atoms with E-state index >= 15 is 0 Å². The quantitative estimate of drug-likeness (QED) is 0.772. The van der Waals surface area contributed by atoms with Gasteiger partial charge >= 0.3 is 6.03 Å². The highest BCUT2D eigenvalue weighted by molar-refractivity contribution is 6.01. The lowest BCUT2D eigenvalue weighted by molar-refractivity contribution is -0.900. The Hall–Kier alpha value is -1.95. The number of anilines is 1. The van der Waals surface area contributed by atoms with Crippen molar-refractivity contribution in [3.05, 3.63) is 30.1 Å². The molecule has 0 spiro atoms. The SMILES string of the molecule is C[C@H]1CCC[NH+](CC(=O)NC(=O)Nc2ccccc2F)C1. The molecule has 2 rings (SSSR count). The number of carbonyl (C=O) groups is 2. The Morgan fingerprint density at radius 2 is 2.14 bits per heavy atom. The predicted molar refractivity (Wildman–Crippen MR) is 77.5 cm³/mol. The van der Waals surface area contributed by atoms with Crippen LogP contribution in [-0.4, -0.2) is 31.6 Å². The first kappa shape index (κ1) is 15.4. The number of rotatable bonds is 3. The van der Waals surface area contributed by atoms with Gasteiger partial charge < -0.3 is 10.2 Å². The Morgan fingerprint density at radius 1 is 1.38 bits per heavy atom. The minimum absolute atomic E-state index is 0.0572. The topological polar surface area (TPSA) is 62.6 Å². The van der Waals surface area contributed by atoms with Gasteiger partial charge in [-0.05, 0) is 25.0 Å². The van der Waals surface area contributed by atoms with Crippen LogP contribution >= 0.6 is 0 Å². The number of carbonyl (C=O) groups excluding carboxylic acids is 2. The predicted octanol–water partition coefficient (Wildman–Crippen LogP) is 0.789. The molecule has 6 heteroatoms. The van der Waals surface area contributed by atoms with Gasteiger partial charge in [0, 0.05) is 5.92 Å². The zero-order valence-corrected chi connectivity index (χ0v) is 12.1. The second kappa shape index (κ2) is 7.17. The zero-order valence-electron chi connectivity index (χ0n) is 12.1. The van der Waals surface area contributed by atoms with Gasteiger partial charge in [0.2, 0.25) is 0 Å². The normalized spacial score (nSPS) is 21.6. The van der Waals surface area contributed by atoms with Crippen LogP contribution in [-0.2, 0) is 4.79 Å². The Balaban J connectivity index is 1.79. The molecule has 0 bridgehead atoms. The van der Waals surface area contributed by atoms with Crippen molar-refractivity contribution in [1.29, 1.82) is 0 Å². The molecule has 0 aliphatic carbocycles. The number of benzene rings is 1. The van der Waals surface area contributed by atoms with Crippen LogP contribution in [0.25, 0.3) is 0 Å². The van der Waals surface area contributed by atoms with Gasteiger partial charge in [0.25, 0.3) is 5.91 Å². The molecule has 5 nitrogen and oxygen atoms in total. The molecule has 1 aliphatic rings. The van der Waals surface area contributed by atoms with E-state index in [1.807, 2.05) is 0 Å². The molecular formula is C15H21FN3O2+. The first-order chi connectivity index (χ1) is 10.0. The molecule has 3 N–H and O–H groups in total. The average Bonchev–Trinajstić information content (AvgIpc) is 2.41. The van der Waals surface area contributed by atoms with E-state index in [1.165, 1.54) is 29.5 Å². The number of hydrogen-bond donors (Lipinski definition) is 3. The fourth-order valence-electron chi connectivity index (χ4n) is 2.67. The van der Waals surface area contributed by atoms with E-state index in [4.69, 9.17) is 0 Å². The minimum atomic E-state index is -0.699. The third-order valence-corrected chi connectivity index (χ3v) is 3.65. The van der Waals surface area contributed by atoms with Gasteiger partial charge in [-0.1, -0.05) is 19.1 Å². The van der Waals surface area contributed by atoms with Crippen molar-refractivity contribution in [2.75, 3.05) is 25.0 Å². The second-order valence-corrected chi connectivity index (χ2v) is 5.61. The standard InChI is InChI=1S/C15H20FN3O2/c1-11-5-4-8-19(9-11)10-14(20)18-15(21)17-13-7-3-2-6-12(13)16/h2-3,6-7,11H,4-5,8-10H2,1H3,(H2,17,18,20,21)/p+1/t11-/m0/s1. The fourth-order valence-corrected chi connectivity index (χ4v) is 2.67. The van der Waals surface area contributed by atoms with Crippen molar-refractivity contribution < 1.29 is 18.9 Å². The van der Waals surface area contributed by atoms with Gasteiger partial charge in [-0.2, -0.15) is 0 Å². The number of nitrogens with one attached hydrogen (secondary N) is 3. The lowest BCUT2D eigenvalue weighted by Gasteiger charge is -2.27. The first-order valence-corrected chi connectivity index (χ1v) is 7.23. The number of quaternary nitrogens is 1. The lowest BCUT2D eigenvalue weighted by Crippen LogP contribution is -3.14. The van der Waals surface area contributed by atoms with E-state index in [0.717, 1.165) is 19.5 Å². The molecule has 1 aromatic rings. The summed E-state index contributed by atoms with van der Waals surface area (Å²) in [5.41, 5.74) is 0.0572. The van der Waals surface area contributed by atoms with Gasteiger partial charge in [-0.25, -0.2) is 9.18 Å². The van der Waals surface area contributed by atoms with Crippen molar-refractivity contribution in [2.45, 2.75) is 19.8 Å². The van der Waals surface area contributed by atoms with Crippen LogP contribution in [0.1, 0.15) is 19.8 Å². The summed E-state index contributed by atoms with van der Waals surface area (Å²) >= 11 is 0. The molecule has 21 heavy (non-hydrogen) atoms. The highest BCUT2D eigenvalue weighted by Crippen LogP contribution is 2.11. The number of piperidine rings is 1. The van der Waals surface area contributed by atoms with Crippen LogP contribution in [0, 0.1) is 11.7 Å². The number of amides is 3. The number of hydrogen-bond acceptors (Lipinski definition) is 2. The van der Waals surface area contributed by atoms with E-state index in [-0.39, 0.29) is 18.1 Å². The summed E-state index contributed by atoms with van der Waals surface area (Å²) in [4.78, 5) is 24.7. The second-order valence-electron chi connectivity index (χ2n) is 5.61. The van der Waals surface area contributed by atoms with Gasteiger partial charge in [0.15, 0.2) is 6.54 Å². The Morgan fingerprint density at radius 3 is 2.86 bits per heavy atom. The third kappa shape index (κ3) is 4.82. The van der Waals surface area contributed by atoms with Crippen molar-refractivity contribution in [2.24, 2.45) is 5.92 Å². The summed E-state index contributed by atoms with van der Waals surface area (Å²) < 4.78 is 13.4. The van der Waals surface area contributed by atoms with Gasteiger partial charge in [-0.3, -0.25) is 10.1 Å². The maximum atomic E-state index is 13.4. The molecule has 0 aromatic heterocycles. The van der Waals surface area contributed by atoms with Crippen LogP contribution in [0.5, 0.6) is 0 Å². The summed E-state index contributed by atoms with van der Waals surface area (Å²) in [6.07, 6.45) is 2.30. The van der Waals surface area contributed by atoms with Crippen LogP contribution in [0.3, 0.4) is 0 Å². The molecule has 0 radical (unpaired) electrons. The Kier molecular flexibility index (Phi) is 5.27. The van der Waals surface area contributed by atoms with E-state index < -0.39 is 11.8 Å². The number of imide groups is 1. The van der Waals surface area contributed by atoms with Gasteiger partial charge in [-0.15, -0.1) is 0 Å². The van der Waals surface area contributed by atoms with Crippen molar-refractivity contribution in [1.82, 2.24) is 5.32 Å². The Bertz CT molecular complexity index is 521. The molecule has 1 fully saturated rings. The fraction of sp³-hybridized carbons (Fsp3) is 0.467. The zero-order chi connectivity index (χ0) is 15.2. The number of halogens is 1. The molecule has 1 aromatic carbocycles. The van der Waals surface area contributed by atoms with E-state index in [2.05, 4.69) is 17.6 Å². The van der Waals surface area contributed by atoms with Gasteiger partial charge in [0.05, 0.1) is 18.8 Å². The van der Waals surface area contributed by atoms with Crippen LogP contribution < -0.4 is 15.5 Å². The number of urea groups is 1. The molecule has 1 saturated heterocycles. The first-order valence-electron chi connectivity index (χ1n) is 7.23. The highest BCUT2D eigenvalue weighted by atomic mass is 19.1. The molecule has 2 atom stereocenters. The van der Waals surface area contributed by atoms with Crippen LogP contribution in [0.2, 0.25) is 0 Å². The van der Waals surface area contributed by atoms with Crippen molar-refractivity contribution in [3.63, 3.8) is 0 Å². The maximum absolute atomic E-state index is 13.4. The smallest absolute Gasteiger partial charge is 0.326 e. The third-order valence-electron chi connectivity index (χ3n) is 3.65. The molecule has 1 aliphatic heterocycles. The average molecular weight is 294 g/mol. The largest absolute Gasteiger partial charge is 0.327 e. The minimum Gasteiger partial charge on any atom is -0.327 e. The highest BCUT2D eigenvalue weighted by Gasteiger charge is 2.22. The summed E-state index contributed by atoms with van der Waals surface area (Å²) in [6.45, 7) is 4.34. The maximum Gasteiger partial charge on any atom is 0.326 e. The summed E-state index contributed by atoms with van der Waals surface area (Å²) in [5.74, 6) is -0.266. The molecule has 114 valence electrons. The summed E-state index contributed by atoms with van der Waals surface area (Å²) in [5, 5.41) is 4.57. The van der Waals surface area contributed by atoms with Crippen molar-refractivity contribution >= 4 is 17.6 Å². The van der Waals surface area contributed by atoms with Crippen LogP contribution in [0.4, 0.5) is 14.9 Å². The van der Waals surface area contributed by atoms with Crippen molar-refractivity contribution in [3.8, 4) is 0 Å². The summed E-state index contributed by atoms with van der Waals surface area (Å²) in [6, 6.07) is 5.13.